The molecule has 1 heterocycles. The van der Waals surface area contributed by atoms with Gasteiger partial charge in [0.25, 0.3) is 0 Å². The van der Waals surface area contributed by atoms with Crippen molar-refractivity contribution in [2.24, 2.45) is 0 Å². The molecule has 1 N–H and O–H groups in total. The fraction of sp³-hybridized carbons (Fsp3) is 0.250. The second kappa shape index (κ2) is 2.83. The van der Waals surface area contributed by atoms with Gasteiger partial charge in [-0.2, -0.15) is 8.78 Å². The maximum absolute atomic E-state index is 12.7. The third kappa shape index (κ3) is 1.75. The number of fused-ring (bicyclic) bond motifs is 1. The minimum atomic E-state index is -3.12. The zero-order valence-electron chi connectivity index (χ0n) is 6.48. The molecule has 5 heteroatoms. The molecule has 0 aromatic heterocycles. The molecular formula is C8H6BrF2NO. The SMILES string of the molecule is FC1(F)CNc2ccc(Br)cc2O1. The molecule has 13 heavy (non-hydrogen) atoms. The molecule has 1 aromatic carbocycles. The van der Waals surface area contributed by atoms with Gasteiger partial charge < -0.3 is 10.1 Å². The van der Waals surface area contributed by atoms with Crippen LogP contribution in [0.5, 0.6) is 5.75 Å². The van der Waals surface area contributed by atoms with E-state index in [0.717, 1.165) is 0 Å². The molecule has 70 valence electrons. The van der Waals surface area contributed by atoms with Crippen molar-refractivity contribution >= 4 is 21.6 Å². The zero-order valence-corrected chi connectivity index (χ0v) is 8.07. The first-order valence-corrected chi connectivity index (χ1v) is 4.46. The summed E-state index contributed by atoms with van der Waals surface area (Å²) < 4.78 is 30.6. The Hall–Kier alpha value is -0.840. The van der Waals surface area contributed by atoms with Crippen LogP contribution in [0.4, 0.5) is 14.5 Å². The molecule has 2 rings (SSSR count). The van der Waals surface area contributed by atoms with Crippen molar-refractivity contribution in [1.82, 2.24) is 0 Å². The molecule has 1 aromatic rings. The molecule has 0 aliphatic carbocycles. The summed E-state index contributed by atoms with van der Waals surface area (Å²) in [6.07, 6.45) is -3.12. The highest BCUT2D eigenvalue weighted by Crippen LogP contribution is 2.36. The minimum absolute atomic E-state index is 0.172. The second-order valence-corrected chi connectivity index (χ2v) is 3.65. The van der Waals surface area contributed by atoms with Crippen molar-refractivity contribution in [3.63, 3.8) is 0 Å². The number of anilines is 1. The Morgan fingerprint density at radius 2 is 2.23 bits per heavy atom. The first-order chi connectivity index (χ1) is 6.07. The van der Waals surface area contributed by atoms with Crippen LogP contribution in [0.15, 0.2) is 22.7 Å². The van der Waals surface area contributed by atoms with E-state index in [1.165, 1.54) is 6.07 Å². The lowest BCUT2D eigenvalue weighted by Gasteiger charge is -2.26. The number of alkyl halides is 2. The molecule has 2 nitrogen and oxygen atoms in total. The van der Waals surface area contributed by atoms with Crippen LogP contribution in [0.3, 0.4) is 0 Å². The summed E-state index contributed by atoms with van der Waals surface area (Å²) in [4.78, 5) is 0. The average molecular weight is 250 g/mol. The summed E-state index contributed by atoms with van der Waals surface area (Å²) in [6, 6.07) is 4.96. The molecule has 0 saturated carbocycles. The number of rotatable bonds is 0. The maximum Gasteiger partial charge on any atom is 0.415 e. The molecular weight excluding hydrogens is 244 g/mol. The number of halogens is 3. The van der Waals surface area contributed by atoms with Gasteiger partial charge in [-0.05, 0) is 18.2 Å². The predicted molar refractivity (Wildman–Crippen MR) is 48.2 cm³/mol. The van der Waals surface area contributed by atoms with E-state index in [0.29, 0.717) is 10.2 Å². The Bertz CT molecular complexity index is 343. The predicted octanol–water partition coefficient (Wildman–Crippen LogP) is 2.85. The largest absolute Gasteiger partial charge is 0.429 e. The summed E-state index contributed by atoms with van der Waals surface area (Å²) >= 11 is 3.18. The lowest BCUT2D eigenvalue weighted by Crippen LogP contribution is -2.37. The van der Waals surface area contributed by atoms with E-state index in [1.807, 2.05) is 0 Å². The van der Waals surface area contributed by atoms with E-state index in [4.69, 9.17) is 0 Å². The average Bonchev–Trinajstić information content (AvgIpc) is 2.01. The molecule has 0 fully saturated rings. The smallest absolute Gasteiger partial charge is 0.415 e. The minimum Gasteiger partial charge on any atom is -0.429 e. The lowest BCUT2D eigenvalue weighted by atomic mass is 10.2. The van der Waals surface area contributed by atoms with Crippen LogP contribution in [-0.4, -0.2) is 12.7 Å². The van der Waals surface area contributed by atoms with E-state index in [9.17, 15) is 8.78 Å². The van der Waals surface area contributed by atoms with Gasteiger partial charge in [-0.3, -0.25) is 0 Å². The van der Waals surface area contributed by atoms with Crippen molar-refractivity contribution in [3.8, 4) is 5.75 Å². The first kappa shape index (κ1) is 8.74. The number of benzene rings is 1. The van der Waals surface area contributed by atoms with Crippen LogP contribution in [0.25, 0.3) is 0 Å². The highest BCUT2D eigenvalue weighted by molar-refractivity contribution is 9.10. The van der Waals surface area contributed by atoms with Gasteiger partial charge in [-0.1, -0.05) is 15.9 Å². The van der Waals surface area contributed by atoms with Gasteiger partial charge >= 0.3 is 6.11 Å². The number of hydrogen-bond acceptors (Lipinski definition) is 2. The second-order valence-electron chi connectivity index (χ2n) is 2.73. The monoisotopic (exact) mass is 249 g/mol. The van der Waals surface area contributed by atoms with Gasteiger partial charge in [0.05, 0.1) is 5.69 Å². The van der Waals surface area contributed by atoms with Crippen molar-refractivity contribution in [3.05, 3.63) is 22.7 Å². The summed E-state index contributed by atoms with van der Waals surface area (Å²) in [5, 5.41) is 2.58. The van der Waals surface area contributed by atoms with Gasteiger partial charge in [0, 0.05) is 4.47 Å². The van der Waals surface area contributed by atoms with Crippen LogP contribution < -0.4 is 10.1 Å². The Balaban J connectivity index is 2.38. The fourth-order valence-electron chi connectivity index (χ4n) is 1.12. The zero-order chi connectivity index (χ0) is 9.47. The summed E-state index contributed by atoms with van der Waals surface area (Å²) in [7, 11) is 0. The van der Waals surface area contributed by atoms with Gasteiger partial charge in [-0.25, -0.2) is 0 Å². The lowest BCUT2D eigenvalue weighted by molar-refractivity contribution is -0.166. The Kier molecular flexibility index (Phi) is 1.91. The molecule has 0 radical (unpaired) electrons. The highest BCUT2D eigenvalue weighted by atomic mass is 79.9. The molecule has 1 aliphatic rings. The third-order valence-electron chi connectivity index (χ3n) is 1.69. The highest BCUT2D eigenvalue weighted by Gasteiger charge is 2.36. The molecule has 0 bridgehead atoms. The number of nitrogens with one attached hydrogen (secondary N) is 1. The van der Waals surface area contributed by atoms with E-state index < -0.39 is 12.7 Å². The number of ether oxygens (including phenoxy) is 1. The van der Waals surface area contributed by atoms with Crippen LogP contribution in [0.1, 0.15) is 0 Å². The van der Waals surface area contributed by atoms with Crippen LogP contribution >= 0.6 is 15.9 Å². The quantitative estimate of drug-likeness (QED) is 0.764. The molecule has 0 amide bonds. The Labute approximate surface area is 82.0 Å². The van der Waals surface area contributed by atoms with Gasteiger partial charge in [0.1, 0.15) is 6.54 Å². The molecule has 0 unspecified atom stereocenters. The molecule has 0 spiro atoms. The van der Waals surface area contributed by atoms with E-state index >= 15 is 0 Å². The van der Waals surface area contributed by atoms with Crippen molar-refractivity contribution in [2.75, 3.05) is 11.9 Å². The maximum atomic E-state index is 12.7. The van der Waals surface area contributed by atoms with Crippen LogP contribution in [0.2, 0.25) is 0 Å². The van der Waals surface area contributed by atoms with Gasteiger partial charge in [-0.15, -0.1) is 0 Å². The van der Waals surface area contributed by atoms with Crippen molar-refractivity contribution < 1.29 is 13.5 Å². The third-order valence-corrected chi connectivity index (χ3v) is 2.18. The standard InChI is InChI=1S/C8H6BrF2NO/c9-5-1-2-6-7(3-5)13-8(10,11)4-12-6/h1-3,12H,4H2. The summed E-state index contributed by atoms with van der Waals surface area (Å²) in [5.41, 5.74) is 0.592. The fourth-order valence-corrected chi connectivity index (χ4v) is 1.46. The van der Waals surface area contributed by atoms with Crippen molar-refractivity contribution in [1.29, 1.82) is 0 Å². The van der Waals surface area contributed by atoms with Gasteiger partial charge in [0.2, 0.25) is 0 Å². The van der Waals surface area contributed by atoms with Crippen LogP contribution in [-0.2, 0) is 0 Å². The molecule has 0 atom stereocenters. The van der Waals surface area contributed by atoms with E-state index in [-0.39, 0.29) is 5.75 Å². The molecule has 0 saturated heterocycles. The van der Waals surface area contributed by atoms with E-state index in [1.54, 1.807) is 12.1 Å². The van der Waals surface area contributed by atoms with Crippen molar-refractivity contribution in [2.45, 2.75) is 6.11 Å². The topological polar surface area (TPSA) is 21.3 Å². The molecule has 1 aliphatic heterocycles. The Morgan fingerprint density at radius 1 is 1.46 bits per heavy atom. The normalized spacial score (nSPS) is 18.4. The number of hydrogen-bond donors (Lipinski definition) is 1. The summed E-state index contributed by atoms with van der Waals surface area (Å²) in [6.45, 7) is -0.484. The first-order valence-electron chi connectivity index (χ1n) is 3.67. The van der Waals surface area contributed by atoms with Crippen LogP contribution in [0, 0.1) is 0 Å². The van der Waals surface area contributed by atoms with Gasteiger partial charge in [0.15, 0.2) is 5.75 Å². The Morgan fingerprint density at radius 3 is 3.00 bits per heavy atom. The van der Waals surface area contributed by atoms with E-state index in [2.05, 4.69) is 26.0 Å². The summed E-state index contributed by atoms with van der Waals surface area (Å²) in [5.74, 6) is 0.172.